The van der Waals surface area contributed by atoms with Gasteiger partial charge in [-0.15, -0.1) is 0 Å². The molecule has 0 radical (unpaired) electrons. The number of rotatable bonds is 8. The number of hydrogen-bond acceptors (Lipinski definition) is 11. The molecule has 1 aliphatic heterocycles. The first-order chi connectivity index (χ1) is 22.0. The highest BCUT2D eigenvalue weighted by molar-refractivity contribution is 5.89. The van der Waals surface area contributed by atoms with Gasteiger partial charge in [0.25, 0.3) is 6.43 Å². The standard InChI is InChI=1S/C31H30F3N9O3/c1-17-4-2-5-21(41-17)30(45)46-24-7-6-18(10-20(24)32)22-11-19(13-43-16-40-25-28(35)38-15-39-29(25)43)23(12-37-22)42-9-3-8-31(36,14-42)26(44)27(33)34/h2,4-7,10-12,15-16,26-27,44H,3,8-9,13-14,36H2,1H3,(H2,35,38,39)/t26-,31+/m0/s1. The molecule has 4 aromatic heterocycles. The van der Waals surface area contributed by atoms with E-state index < -0.39 is 29.9 Å². The summed E-state index contributed by atoms with van der Waals surface area (Å²) in [5.74, 6) is -1.66. The SMILES string of the molecule is Cc1cccc(C(=O)Oc2ccc(-c3cc(Cn4cnc5c(N)ncnc54)c(N4CCC[C@](N)([C@@H](O)C(F)F)C4)cn3)cc2F)n1. The predicted octanol–water partition coefficient (Wildman–Crippen LogP) is 3.50. The van der Waals surface area contributed by atoms with Gasteiger partial charge in [-0.3, -0.25) is 4.98 Å². The Kier molecular flexibility index (Phi) is 8.27. The number of nitrogen functional groups attached to an aromatic ring is 1. The minimum Gasteiger partial charge on any atom is -0.419 e. The van der Waals surface area contributed by atoms with Gasteiger partial charge in [-0.05, 0) is 61.7 Å². The summed E-state index contributed by atoms with van der Waals surface area (Å²) in [6, 6.07) is 10.7. The van der Waals surface area contributed by atoms with Crippen LogP contribution in [0, 0.1) is 12.7 Å². The minimum absolute atomic E-state index is 0.0448. The number of nitrogens with two attached hydrogens (primary N) is 2. The number of carbonyl (C=O) groups excluding carboxylic acids is 1. The van der Waals surface area contributed by atoms with Crippen LogP contribution in [-0.2, 0) is 6.54 Å². The molecule has 1 saturated heterocycles. The average molecular weight is 634 g/mol. The van der Waals surface area contributed by atoms with Crippen LogP contribution < -0.4 is 21.1 Å². The molecule has 0 saturated carbocycles. The Morgan fingerprint density at radius 3 is 2.74 bits per heavy atom. The van der Waals surface area contributed by atoms with Crippen LogP contribution in [0.4, 0.5) is 24.7 Å². The summed E-state index contributed by atoms with van der Waals surface area (Å²) in [6.07, 6.45) is 0.0910. The highest BCUT2D eigenvalue weighted by Gasteiger charge is 2.43. The first-order valence-electron chi connectivity index (χ1n) is 14.4. The van der Waals surface area contributed by atoms with Crippen molar-refractivity contribution in [3.8, 4) is 17.0 Å². The number of aliphatic hydroxyl groups excluding tert-OH is 1. The molecule has 5 heterocycles. The molecule has 0 bridgehead atoms. The van der Waals surface area contributed by atoms with Crippen molar-refractivity contribution in [2.45, 2.75) is 44.4 Å². The number of hydrogen-bond donors (Lipinski definition) is 3. The van der Waals surface area contributed by atoms with E-state index in [4.69, 9.17) is 16.2 Å². The summed E-state index contributed by atoms with van der Waals surface area (Å²) in [6.45, 7) is 2.36. The van der Waals surface area contributed by atoms with Gasteiger partial charge in [-0.1, -0.05) is 6.07 Å². The van der Waals surface area contributed by atoms with E-state index in [-0.39, 0.29) is 36.8 Å². The summed E-state index contributed by atoms with van der Waals surface area (Å²) < 4.78 is 49.3. The first-order valence-corrected chi connectivity index (χ1v) is 14.4. The molecule has 5 N–H and O–H groups in total. The maximum Gasteiger partial charge on any atom is 0.362 e. The third-order valence-electron chi connectivity index (χ3n) is 7.99. The summed E-state index contributed by atoms with van der Waals surface area (Å²) in [5, 5.41) is 10.2. The van der Waals surface area contributed by atoms with Crippen LogP contribution in [0.5, 0.6) is 5.75 Å². The molecule has 0 aliphatic carbocycles. The molecule has 0 amide bonds. The number of nitrogens with zero attached hydrogens (tertiary/aromatic N) is 7. The molecule has 12 nitrogen and oxygen atoms in total. The van der Waals surface area contributed by atoms with E-state index >= 15 is 4.39 Å². The van der Waals surface area contributed by atoms with Crippen LogP contribution in [-0.4, -0.2) is 71.7 Å². The van der Waals surface area contributed by atoms with Crippen molar-refractivity contribution in [2.24, 2.45) is 5.73 Å². The van der Waals surface area contributed by atoms with E-state index in [1.54, 1.807) is 48.3 Å². The van der Waals surface area contributed by atoms with Crippen molar-refractivity contribution in [1.82, 2.24) is 29.5 Å². The van der Waals surface area contributed by atoms with Crippen molar-refractivity contribution in [3.05, 3.63) is 84.1 Å². The zero-order chi connectivity index (χ0) is 32.6. The number of aromatic nitrogens is 6. The molecule has 1 aromatic carbocycles. The lowest BCUT2D eigenvalue weighted by molar-refractivity contribution is -0.0529. The van der Waals surface area contributed by atoms with Gasteiger partial charge < -0.3 is 30.8 Å². The van der Waals surface area contributed by atoms with E-state index in [9.17, 15) is 18.7 Å². The zero-order valence-corrected chi connectivity index (χ0v) is 24.6. The van der Waals surface area contributed by atoms with Crippen LogP contribution in [0.3, 0.4) is 0 Å². The second-order valence-corrected chi connectivity index (χ2v) is 11.2. The quantitative estimate of drug-likeness (QED) is 0.169. The number of imidazole rings is 1. The number of alkyl halides is 2. The van der Waals surface area contributed by atoms with Gasteiger partial charge >= 0.3 is 5.97 Å². The van der Waals surface area contributed by atoms with Crippen LogP contribution in [0.15, 0.2) is 61.3 Å². The van der Waals surface area contributed by atoms with Gasteiger partial charge in [-0.25, -0.2) is 37.9 Å². The number of benzene rings is 1. The van der Waals surface area contributed by atoms with Crippen LogP contribution in [0.25, 0.3) is 22.4 Å². The Balaban J connectivity index is 1.35. The fourth-order valence-electron chi connectivity index (χ4n) is 5.62. The van der Waals surface area contributed by atoms with Crippen molar-refractivity contribution in [1.29, 1.82) is 0 Å². The van der Waals surface area contributed by atoms with E-state index in [2.05, 4.69) is 24.9 Å². The smallest absolute Gasteiger partial charge is 0.362 e. The van der Waals surface area contributed by atoms with Gasteiger partial charge in [0.15, 0.2) is 23.0 Å². The Labute approximate surface area is 260 Å². The predicted molar refractivity (Wildman–Crippen MR) is 163 cm³/mol. The molecule has 5 aromatic rings. The molecule has 15 heteroatoms. The van der Waals surface area contributed by atoms with Crippen molar-refractivity contribution >= 4 is 28.6 Å². The average Bonchev–Trinajstić information content (AvgIpc) is 3.45. The Morgan fingerprint density at radius 2 is 1.98 bits per heavy atom. The van der Waals surface area contributed by atoms with Gasteiger partial charge in [-0.2, -0.15) is 0 Å². The molecule has 1 fully saturated rings. The second kappa shape index (κ2) is 12.3. The number of esters is 1. The molecule has 6 rings (SSSR count). The van der Waals surface area contributed by atoms with Crippen molar-refractivity contribution in [3.63, 3.8) is 0 Å². The maximum atomic E-state index is 15.2. The molecule has 0 unspecified atom stereocenters. The number of carbonyl (C=O) groups is 1. The van der Waals surface area contributed by atoms with Gasteiger partial charge in [0.1, 0.15) is 23.6 Å². The van der Waals surface area contributed by atoms with Crippen LogP contribution >= 0.6 is 0 Å². The summed E-state index contributed by atoms with van der Waals surface area (Å²) in [4.78, 5) is 35.6. The number of anilines is 2. The van der Waals surface area contributed by atoms with E-state index in [0.29, 0.717) is 52.3 Å². The van der Waals surface area contributed by atoms with E-state index in [1.165, 1.54) is 24.5 Å². The number of aryl methyl sites for hydroxylation is 1. The van der Waals surface area contributed by atoms with Crippen LogP contribution in [0.2, 0.25) is 0 Å². The molecular weight excluding hydrogens is 603 g/mol. The monoisotopic (exact) mass is 633 g/mol. The Bertz CT molecular complexity index is 1920. The fourth-order valence-corrected chi connectivity index (χ4v) is 5.62. The minimum atomic E-state index is -3.00. The zero-order valence-electron chi connectivity index (χ0n) is 24.6. The number of aliphatic hydroxyl groups is 1. The lowest BCUT2D eigenvalue weighted by atomic mass is 9.84. The van der Waals surface area contributed by atoms with Crippen LogP contribution in [0.1, 0.15) is 34.6 Å². The Hall–Kier alpha value is -5.15. The highest BCUT2D eigenvalue weighted by atomic mass is 19.3. The van der Waals surface area contributed by atoms with Gasteiger partial charge in [0, 0.05) is 24.3 Å². The summed E-state index contributed by atoms with van der Waals surface area (Å²) in [5.41, 5.74) is 14.3. The first kappa shape index (κ1) is 30.9. The third-order valence-corrected chi connectivity index (χ3v) is 7.99. The largest absolute Gasteiger partial charge is 0.419 e. The fraction of sp³-hybridized carbons (Fsp3) is 0.290. The van der Waals surface area contributed by atoms with E-state index in [0.717, 1.165) is 0 Å². The topological polar surface area (TPSA) is 171 Å². The van der Waals surface area contributed by atoms with Gasteiger partial charge in [0.05, 0.1) is 36.0 Å². The molecule has 0 spiro atoms. The van der Waals surface area contributed by atoms with E-state index in [1.807, 2.05) is 4.90 Å². The van der Waals surface area contributed by atoms with Crippen molar-refractivity contribution < 1.29 is 27.8 Å². The van der Waals surface area contributed by atoms with Gasteiger partial charge in [0.2, 0.25) is 0 Å². The molecule has 238 valence electrons. The normalized spacial score (nSPS) is 17.4. The maximum absolute atomic E-state index is 15.2. The number of pyridine rings is 2. The lowest BCUT2D eigenvalue weighted by Crippen LogP contribution is -2.63. The Morgan fingerprint density at radius 1 is 1.15 bits per heavy atom. The highest BCUT2D eigenvalue weighted by Crippen LogP contribution is 2.34. The second-order valence-electron chi connectivity index (χ2n) is 11.2. The summed E-state index contributed by atoms with van der Waals surface area (Å²) >= 11 is 0. The number of piperidine rings is 1. The number of halogens is 3. The summed E-state index contributed by atoms with van der Waals surface area (Å²) in [7, 11) is 0. The molecular formula is C31H30F3N9O3. The van der Waals surface area contributed by atoms with Crippen molar-refractivity contribution in [2.75, 3.05) is 23.7 Å². The third kappa shape index (κ3) is 6.06. The molecule has 1 aliphatic rings. The molecule has 2 atom stereocenters. The number of ether oxygens (including phenoxy) is 1. The number of fused-ring (bicyclic) bond motifs is 1. The lowest BCUT2D eigenvalue weighted by Gasteiger charge is -2.44. The molecule has 46 heavy (non-hydrogen) atoms.